The lowest BCUT2D eigenvalue weighted by Crippen LogP contribution is -2.40. The molecule has 2 aliphatic rings. The number of anilines is 1. The molecule has 1 amide bonds. The second-order valence-electron chi connectivity index (χ2n) is 9.48. The number of nitrogens with zero attached hydrogens (tertiary/aromatic N) is 4. The SMILES string of the molecule is CCCCCN1C(=O)C(=Cc2c(N3CC(C)CC(C)C3)nc3ccc(C)cn3c2=O)SC1=S. The molecule has 6 nitrogen and oxygen atoms in total. The Morgan fingerprint density at radius 1 is 1.18 bits per heavy atom. The van der Waals surface area contributed by atoms with Gasteiger partial charge in [-0.2, -0.15) is 0 Å². The zero-order chi connectivity index (χ0) is 23.7. The molecule has 0 radical (unpaired) electrons. The zero-order valence-corrected chi connectivity index (χ0v) is 21.5. The molecule has 176 valence electrons. The van der Waals surface area contributed by atoms with Crippen LogP contribution in [-0.2, 0) is 4.79 Å². The number of thioether (sulfide) groups is 1. The maximum atomic E-state index is 13.7. The van der Waals surface area contributed by atoms with Crippen LogP contribution in [-0.4, -0.2) is 44.1 Å². The van der Waals surface area contributed by atoms with E-state index in [0.717, 1.165) is 44.3 Å². The summed E-state index contributed by atoms with van der Waals surface area (Å²) in [6.07, 6.45) is 7.75. The van der Waals surface area contributed by atoms with Crippen molar-refractivity contribution in [2.24, 2.45) is 11.8 Å². The fraction of sp³-hybridized carbons (Fsp3) is 0.520. The monoisotopic (exact) mass is 484 g/mol. The number of hydrogen-bond donors (Lipinski definition) is 0. The Morgan fingerprint density at radius 2 is 1.91 bits per heavy atom. The van der Waals surface area contributed by atoms with Crippen LogP contribution in [0.5, 0.6) is 0 Å². The Balaban J connectivity index is 1.80. The van der Waals surface area contributed by atoms with Gasteiger partial charge in [0, 0.05) is 25.8 Å². The van der Waals surface area contributed by atoms with Gasteiger partial charge in [0.05, 0.1) is 10.5 Å². The van der Waals surface area contributed by atoms with Gasteiger partial charge >= 0.3 is 0 Å². The number of carbonyl (C=O) groups excluding carboxylic acids is 1. The van der Waals surface area contributed by atoms with Crippen molar-refractivity contribution in [3.05, 3.63) is 44.7 Å². The summed E-state index contributed by atoms with van der Waals surface area (Å²) in [5.41, 5.74) is 1.91. The third-order valence-corrected chi connectivity index (χ3v) is 7.67. The van der Waals surface area contributed by atoms with Gasteiger partial charge in [0.1, 0.15) is 15.8 Å². The summed E-state index contributed by atoms with van der Waals surface area (Å²) in [6.45, 7) is 10.9. The van der Waals surface area contributed by atoms with Crippen molar-refractivity contribution in [3.8, 4) is 0 Å². The highest BCUT2D eigenvalue weighted by molar-refractivity contribution is 8.26. The number of carbonyl (C=O) groups is 1. The topological polar surface area (TPSA) is 57.9 Å². The molecule has 2 unspecified atom stereocenters. The number of rotatable bonds is 6. The van der Waals surface area contributed by atoms with Gasteiger partial charge < -0.3 is 4.90 Å². The lowest BCUT2D eigenvalue weighted by Gasteiger charge is -2.36. The lowest BCUT2D eigenvalue weighted by molar-refractivity contribution is -0.122. The Bertz CT molecular complexity index is 1160. The van der Waals surface area contributed by atoms with Crippen LogP contribution in [0.1, 0.15) is 57.6 Å². The van der Waals surface area contributed by atoms with Crippen LogP contribution in [0.2, 0.25) is 0 Å². The fourth-order valence-corrected chi connectivity index (χ4v) is 6.08. The average molecular weight is 485 g/mol. The van der Waals surface area contributed by atoms with E-state index in [-0.39, 0.29) is 11.5 Å². The van der Waals surface area contributed by atoms with E-state index in [1.165, 1.54) is 11.8 Å². The number of hydrogen-bond acceptors (Lipinski definition) is 6. The summed E-state index contributed by atoms with van der Waals surface area (Å²) in [7, 11) is 0. The van der Waals surface area contributed by atoms with Crippen LogP contribution in [0, 0.1) is 18.8 Å². The molecule has 2 fully saturated rings. The van der Waals surface area contributed by atoms with Gasteiger partial charge in [-0.3, -0.25) is 18.9 Å². The van der Waals surface area contributed by atoms with E-state index < -0.39 is 0 Å². The Morgan fingerprint density at radius 3 is 2.61 bits per heavy atom. The molecule has 0 spiro atoms. The van der Waals surface area contributed by atoms with E-state index in [1.807, 2.05) is 25.3 Å². The summed E-state index contributed by atoms with van der Waals surface area (Å²) >= 11 is 6.78. The average Bonchev–Trinajstić information content (AvgIpc) is 3.02. The first-order valence-corrected chi connectivity index (χ1v) is 13.0. The standard InChI is InChI=1S/C25H32N4O2S2/c1-5-6-7-10-28-24(31)20(33-25(28)32)12-19-22(27-13-17(3)11-18(4)14-27)26-21-9-8-16(2)15-29(21)23(19)30/h8-9,12,15,17-18H,5-7,10-11,13-14H2,1-4H3. The number of piperidine rings is 1. The van der Waals surface area contributed by atoms with Gasteiger partial charge in [-0.25, -0.2) is 4.98 Å². The van der Waals surface area contributed by atoms with E-state index in [1.54, 1.807) is 15.4 Å². The zero-order valence-electron chi connectivity index (χ0n) is 19.8. The molecule has 0 bridgehead atoms. The van der Waals surface area contributed by atoms with Crippen LogP contribution >= 0.6 is 24.0 Å². The number of amides is 1. The van der Waals surface area contributed by atoms with Gasteiger partial charge in [-0.05, 0) is 49.3 Å². The number of fused-ring (bicyclic) bond motifs is 1. The predicted octanol–water partition coefficient (Wildman–Crippen LogP) is 4.88. The molecule has 2 aromatic rings. The predicted molar refractivity (Wildman–Crippen MR) is 141 cm³/mol. The summed E-state index contributed by atoms with van der Waals surface area (Å²) in [6, 6.07) is 3.85. The van der Waals surface area contributed by atoms with Crippen molar-refractivity contribution in [2.45, 2.75) is 53.4 Å². The maximum Gasteiger partial charge on any atom is 0.267 e. The van der Waals surface area contributed by atoms with Gasteiger partial charge in [0.25, 0.3) is 11.5 Å². The minimum atomic E-state index is -0.152. The van der Waals surface area contributed by atoms with E-state index in [0.29, 0.717) is 44.6 Å². The molecule has 33 heavy (non-hydrogen) atoms. The van der Waals surface area contributed by atoms with Crippen LogP contribution in [0.4, 0.5) is 5.82 Å². The Labute approximate surface area is 205 Å². The highest BCUT2D eigenvalue weighted by atomic mass is 32.2. The summed E-state index contributed by atoms with van der Waals surface area (Å²) < 4.78 is 2.15. The van der Waals surface area contributed by atoms with Crippen LogP contribution in [0.25, 0.3) is 11.7 Å². The number of aromatic nitrogens is 2. The summed E-state index contributed by atoms with van der Waals surface area (Å²) in [4.78, 5) is 36.1. The van der Waals surface area contributed by atoms with Crippen molar-refractivity contribution in [2.75, 3.05) is 24.5 Å². The summed E-state index contributed by atoms with van der Waals surface area (Å²) in [5.74, 6) is 1.58. The number of thiocarbonyl (C=S) groups is 1. The van der Waals surface area contributed by atoms with E-state index in [2.05, 4.69) is 25.7 Å². The molecule has 4 rings (SSSR count). The largest absolute Gasteiger partial charge is 0.355 e. The number of aryl methyl sites for hydroxylation is 1. The molecule has 2 atom stereocenters. The first kappa shape index (κ1) is 24.0. The number of unbranched alkanes of at least 4 members (excludes halogenated alkanes) is 2. The third kappa shape index (κ3) is 5.01. The highest BCUT2D eigenvalue weighted by Gasteiger charge is 2.33. The van der Waals surface area contributed by atoms with Gasteiger partial charge in [-0.15, -0.1) is 0 Å². The molecule has 0 aromatic carbocycles. The molecule has 8 heteroatoms. The van der Waals surface area contributed by atoms with Crippen LogP contribution in [0.15, 0.2) is 28.0 Å². The van der Waals surface area contributed by atoms with Crippen LogP contribution in [0.3, 0.4) is 0 Å². The molecule has 2 aromatic heterocycles. The molecule has 0 saturated carbocycles. The van der Waals surface area contributed by atoms with Crippen molar-refractivity contribution in [1.82, 2.24) is 14.3 Å². The van der Waals surface area contributed by atoms with Crippen molar-refractivity contribution in [3.63, 3.8) is 0 Å². The van der Waals surface area contributed by atoms with Crippen molar-refractivity contribution < 1.29 is 4.79 Å². The van der Waals surface area contributed by atoms with E-state index >= 15 is 0 Å². The minimum absolute atomic E-state index is 0.110. The first-order chi connectivity index (χ1) is 15.8. The van der Waals surface area contributed by atoms with Crippen molar-refractivity contribution >= 4 is 51.7 Å². The van der Waals surface area contributed by atoms with E-state index in [9.17, 15) is 9.59 Å². The first-order valence-electron chi connectivity index (χ1n) is 11.8. The quantitative estimate of drug-likeness (QED) is 0.331. The smallest absolute Gasteiger partial charge is 0.267 e. The summed E-state index contributed by atoms with van der Waals surface area (Å²) in [5, 5.41) is 0. The number of pyridine rings is 1. The Kier molecular flexibility index (Phi) is 7.24. The van der Waals surface area contributed by atoms with Crippen molar-refractivity contribution in [1.29, 1.82) is 0 Å². The second-order valence-corrected chi connectivity index (χ2v) is 11.2. The fourth-order valence-electron chi connectivity index (χ4n) is 4.79. The third-order valence-electron chi connectivity index (χ3n) is 6.29. The molecular weight excluding hydrogens is 452 g/mol. The lowest BCUT2D eigenvalue weighted by atomic mass is 9.91. The molecule has 0 N–H and O–H groups in total. The molecule has 2 saturated heterocycles. The Hall–Kier alpha value is -2.19. The maximum absolute atomic E-state index is 13.7. The normalized spacial score (nSPS) is 22.7. The second kappa shape index (κ2) is 9.97. The van der Waals surface area contributed by atoms with Gasteiger partial charge in [-0.1, -0.05) is 63.7 Å². The van der Waals surface area contributed by atoms with E-state index in [4.69, 9.17) is 17.2 Å². The van der Waals surface area contributed by atoms with Crippen LogP contribution < -0.4 is 10.5 Å². The molecular formula is C25H32N4O2S2. The molecule has 0 aliphatic carbocycles. The molecule has 2 aliphatic heterocycles. The van der Waals surface area contributed by atoms with Gasteiger partial charge in [0.15, 0.2) is 0 Å². The highest BCUT2D eigenvalue weighted by Crippen LogP contribution is 2.34. The van der Waals surface area contributed by atoms with Gasteiger partial charge in [0.2, 0.25) is 0 Å². The minimum Gasteiger partial charge on any atom is -0.355 e. The molecule has 4 heterocycles.